The molecule has 1 aliphatic heterocycles. The van der Waals surface area contributed by atoms with Gasteiger partial charge in [0.1, 0.15) is 36.1 Å². The van der Waals surface area contributed by atoms with E-state index in [4.69, 9.17) is 9.84 Å². The molecule has 0 saturated carbocycles. The maximum atomic E-state index is 14.3. The number of urea groups is 1. The van der Waals surface area contributed by atoms with Gasteiger partial charge in [-0.3, -0.25) is 9.69 Å². The maximum absolute atomic E-state index is 14.3. The number of rotatable bonds is 8. The van der Waals surface area contributed by atoms with E-state index < -0.39 is 42.6 Å². The SMILES string of the molecule is C[C@H](c1ncc(-c2ccc(I)cc2F)[nH]1)N1C(=O)NC(c2ccc(OC[C@H](O)CO)cc2)C1=O. The van der Waals surface area contributed by atoms with Crippen molar-refractivity contribution in [3.63, 3.8) is 0 Å². The number of imide groups is 1. The first-order valence-corrected chi connectivity index (χ1v) is 11.5. The van der Waals surface area contributed by atoms with Crippen molar-refractivity contribution in [1.29, 1.82) is 0 Å². The molecule has 1 aromatic heterocycles. The summed E-state index contributed by atoms with van der Waals surface area (Å²) in [7, 11) is 0. The minimum Gasteiger partial charge on any atom is -0.491 e. The molecule has 0 bridgehead atoms. The quantitative estimate of drug-likeness (QED) is 0.240. The average molecular weight is 580 g/mol. The van der Waals surface area contributed by atoms with E-state index in [0.717, 1.165) is 8.47 Å². The molecule has 4 N–H and O–H groups in total. The van der Waals surface area contributed by atoms with Crippen molar-refractivity contribution < 1.29 is 28.9 Å². The summed E-state index contributed by atoms with van der Waals surface area (Å²) in [6, 6.07) is 9.18. The van der Waals surface area contributed by atoms with Crippen LogP contribution in [0.4, 0.5) is 9.18 Å². The molecule has 1 fully saturated rings. The first-order valence-electron chi connectivity index (χ1n) is 10.4. The number of ether oxygens (including phenoxy) is 1. The van der Waals surface area contributed by atoms with Gasteiger partial charge in [0.25, 0.3) is 5.91 Å². The van der Waals surface area contributed by atoms with Crippen molar-refractivity contribution in [2.75, 3.05) is 13.2 Å². The predicted octanol–water partition coefficient (Wildman–Crippen LogP) is 2.91. The first-order chi connectivity index (χ1) is 16.3. The number of H-pyrrole nitrogens is 1. The molecule has 0 aliphatic carbocycles. The predicted molar refractivity (Wildman–Crippen MR) is 128 cm³/mol. The molecule has 1 aliphatic rings. The Kier molecular flexibility index (Phi) is 7.14. The summed E-state index contributed by atoms with van der Waals surface area (Å²) in [4.78, 5) is 34.1. The van der Waals surface area contributed by atoms with Gasteiger partial charge in [0.15, 0.2) is 0 Å². The third kappa shape index (κ3) is 4.91. The van der Waals surface area contributed by atoms with Crippen LogP contribution in [-0.4, -0.2) is 56.3 Å². The summed E-state index contributed by atoms with van der Waals surface area (Å²) in [5, 5.41) is 20.9. The lowest BCUT2D eigenvalue weighted by Gasteiger charge is -2.19. The standard InChI is InChI=1S/C23H22FIN4O5/c1-12(21-26-9-19(27-21)17-7-4-14(25)8-18(17)24)29-22(32)20(28-23(29)33)13-2-5-16(6-3-13)34-11-15(31)10-30/h2-9,12,15,20,30-31H,10-11H2,1H3,(H,26,27)(H,28,33)/t12-,15-,20?/m1/s1. The van der Waals surface area contributed by atoms with Crippen molar-refractivity contribution in [1.82, 2.24) is 20.2 Å². The summed E-state index contributed by atoms with van der Waals surface area (Å²) in [5.74, 6) is -0.0455. The Balaban J connectivity index is 1.48. The molecule has 9 nitrogen and oxygen atoms in total. The molecule has 0 radical (unpaired) electrons. The van der Waals surface area contributed by atoms with Crippen molar-refractivity contribution >= 4 is 34.5 Å². The van der Waals surface area contributed by atoms with Crippen LogP contribution in [-0.2, 0) is 4.79 Å². The molecule has 2 heterocycles. The van der Waals surface area contributed by atoms with E-state index in [0.29, 0.717) is 28.4 Å². The summed E-state index contributed by atoms with van der Waals surface area (Å²) in [6.07, 6.45) is 0.481. The highest BCUT2D eigenvalue weighted by Gasteiger charge is 2.42. The van der Waals surface area contributed by atoms with E-state index in [1.165, 1.54) is 12.3 Å². The van der Waals surface area contributed by atoms with E-state index in [2.05, 4.69) is 15.3 Å². The zero-order valence-electron chi connectivity index (χ0n) is 18.0. The fourth-order valence-electron chi connectivity index (χ4n) is 3.60. The van der Waals surface area contributed by atoms with Gasteiger partial charge < -0.3 is 25.3 Å². The average Bonchev–Trinajstić information content (AvgIpc) is 3.42. The van der Waals surface area contributed by atoms with Gasteiger partial charge in [0.2, 0.25) is 0 Å². The van der Waals surface area contributed by atoms with Crippen LogP contribution in [0.5, 0.6) is 5.75 Å². The third-order valence-corrected chi connectivity index (χ3v) is 6.11. The summed E-state index contributed by atoms with van der Waals surface area (Å²) < 4.78 is 20.5. The van der Waals surface area contributed by atoms with E-state index in [1.807, 2.05) is 22.6 Å². The molecule has 34 heavy (non-hydrogen) atoms. The summed E-state index contributed by atoms with van der Waals surface area (Å²) in [6.45, 7) is 1.18. The number of nitrogens with zero attached hydrogens (tertiary/aromatic N) is 2. The van der Waals surface area contributed by atoms with Gasteiger partial charge in [-0.2, -0.15) is 0 Å². The van der Waals surface area contributed by atoms with Gasteiger partial charge >= 0.3 is 6.03 Å². The zero-order valence-corrected chi connectivity index (χ0v) is 20.2. The highest BCUT2D eigenvalue weighted by atomic mass is 127. The smallest absolute Gasteiger partial charge is 0.325 e. The van der Waals surface area contributed by atoms with Gasteiger partial charge in [0, 0.05) is 9.13 Å². The molecule has 4 rings (SSSR count). The van der Waals surface area contributed by atoms with Crippen LogP contribution in [0.25, 0.3) is 11.3 Å². The molecule has 3 atom stereocenters. The number of amides is 3. The molecule has 178 valence electrons. The number of imidazole rings is 1. The highest BCUT2D eigenvalue weighted by Crippen LogP contribution is 2.31. The van der Waals surface area contributed by atoms with Crippen molar-refractivity contribution in [3.05, 3.63) is 69.4 Å². The minimum atomic E-state index is -0.991. The fourth-order valence-corrected chi connectivity index (χ4v) is 4.06. The number of halogens is 2. The number of benzene rings is 2. The number of aliphatic hydroxyl groups is 2. The van der Waals surface area contributed by atoms with Crippen LogP contribution < -0.4 is 10.1 Å². The van der Waals surface area contributed by atoms with Gasteiger partial charge in [-0.1, -0.05) is 12.1 Å². The Morgan fingerprint density at radius 3 is 2.65 bits per heavy atom. The number of hydrogen-bond acceptors (Lipinski definition) is 6. The molecule has 3 amide bonds. The maximum Gasteiger partial charge on any atom is 0.325 e. The fraction of sp³-hybridized carbons (Fsp3) is 0.261. The number of carbonyl (C=O) groups excluding carboxylic acids is 2. The van der Waals surface area contributed by atoms with E-state index in [-0.39, 0.29) is 6.61 Å². The van der Waals surface area contributed by atoms with Crippen molar-refractivity contribution in [3.8, 4) is 17.0 Å². The Bertz CT molecular complexity index is 1200. The number of aliphatic hydroxyl groups excluding tert-OH is 2. The zero-order chi connectivity index (χ0) is 24.4. The monoisotopic (exact) mass is 580 g/mol. The molecule has 3 aromatic rings. The largest absolute Gasteiger partial charge is 0.491 e. The molecule has 11 heteroatoms. The van der Waals surface area contributed by atoms with Crippen LogP contribution in [0.2, 0.25) is 0 Å². The number of aromatic nitrogens is 2. The lowest BCUT2D eigenvalue weighted by molar-refractivity contribution is -0.129. The van der Waals surface area contributed by atoms with E-state index >= 15 is 0 Å². The van der Waals surface area contributed by atoms with E-state index in [1.54, 1.807) is 43.3 Å². The summed E-state index contributed by atoms with van der Waals surface area (Å²) >= 11 is 2.02. The molecule has 1 saturated heterocycles. The van der Waals surface area contributed by atoms with Crippen molar-refractivity contribution in [2.24, 2.45) is 0 Å². The van der Waals surface area contributed by atoms with Crippen LogP contribution in [0, 0.1) is 9.39 Å². The highest BCUT2D eigenvalue weighted by molar-refractivity contribution is 14.1. The Labute approximate surface area is 208 Å². The lowest BCUT2D eigenvalue weighted by Crippen LogP contribution is -2.34. The second kappa shape index (κ2) is 10.1. The molecule has 0 spiro atoms. The minimum absolute atomic E-state index is 0.0719. The van der Waals surface area contributed by atoms with Gasteiger partial charge in [-0.05, 0) is 65.4 Å². The second-order valence-corrected chi connectivity index (χ2v) is 9.04. The number of nitrogens with one attached hydrogen (secondary N) is 2. The van der Waals surface area contributed by atoms with Gasteiger partial charge in [-0.15, -0.1) is 0 Å². The summed E-state index contributed by atoms with van der Waals surface area (Å²) in [5.41, 5.74) is 1.35. The van der Waals surface area contributed by atoms with Crippen LogP contribution in [0.1, 0.15) is 30.4 Å². The third-order valence-electron chi connectivity index (χ3n) is 5.44. The van der Waals surface area contributed by atoms with Gasteiger partial charge in [-0.25, -0.2) is 14.2 Å². The molecule has 1 unspecified atom stereocenters. The molecular formula is C23H22FIN4O5. The molecule has 2 aromatic carbocycles. The second-order valence-electron chi connectivity index (χ2n) is 7.79. The topological polar surface area (TPSA) is 128 Å². The normalized spacial score (nSPS) is 17.6. The first kappa shape index (κ1) is 24.1. The van der Waals surface area contributed by atoms with Crippen molar-refractivity contribution in [2.45, 2.75) is 25.1 Å². The number of carbonyl (C=O) groups is 2. The number of hydrogen-bond donors (Lipinski definition) is 4. The van der Waals surface area contributed by atoms with Gasteiger partial charge in [0.05, 0.1) is 24.5 Å². The van der Waals surface area contributed by atoms with Crippen LogP contribution >= 0.6 is 22.6 Å². The van der Waals surface area contributed by atoms with E-state index in [9.17, 15) is 19.1 Å². The van der Waals surface area contributed by atoms with Crippen LogP contribution in [0.15, 0.2) is 48.7 Å². The Hall–Kier alpha value is -3.03. The molecular weight excluding hydrogens is 558 g/mol. The van der Waals surface area contributed by atoms with Crippen LogP contribution in [0.3, 0.4) is 0 Å². The lowest BCUT2D eigenvalue weighted by atomic mass is 10.1. The number of aromatic amines is 1. The Morgan fingerprint density at radius 2 is 1.97 bits per heavy atom. The Morgan fingerprint density at radius 1 is 1.24 bits per heavy atom.